The van der Waals surface area contributed by atoms with Gasteiger partial charge < -0.3 is 15.6 Å². The highest BCUT2D eigenvalue weighted by Crippen LogP contribution is 2.27. The first-order valence-electron chi connectivity index (χ1n) is 8.37. The van der Waals surface area contributed by atoms with Crippen LogP contribution in [0.25, 0.3) is 11.0 Å². The zero-order valence-corrected chi connectivity index (χ0v) is 15.1. The Balaban J connectivity index is 1.87. The van der Waals surface area contributed by atoms with Crippen LogP contribution in [0.2, 0.25) is 0 Å². The number of benzene rings is 2. The highest BCUT2D eigenvalue weighted by atomic mass is 16.1. The molecule has 3 rings (SSSR count). The molecule has 0 spiro atoms. The number of aromatic nitrogens is 2. The molecule has 0 saturated heterocycles. The molecule has 0 aliphatic heterocycles. The third kappa shape index (κ3) is 3.42. The van der Waals surface area contributed by atoms with Crippen LogP contribution in [0.1, 0.15) is 42.5 Å². The number of nitrogens with zero attached hydrogens (tertiary/aromatic N) is 2. The lowest BCUT2D eigenvalue weighted by molar-refractivity contribution is 0.102. The van der Waals surface area contributed by atoms with Crippen LogP contribution in [-0.4, -0.2) is 15.5 Å². The van der Waals surface area contributed by atoms with Gasteiger partial charge in [-0.1, -0.05) is 32.9 Å². The van der Waals surface area contributed by atoms with E-state index in [0.717, 1.165) is 28.1 Å². The number of nitrogens with one attached hydrogen (secondary N) is 1. The molecular formula is C20H24N4O. The summed E-state index contributed by atoms with van der Waals surface area (Å²) in [6, 6.07) is 13.1. The van der Waals surface area contributed by atoms with Crippen LogP contribution < -0.4 is 11.1 Å². The van der Waals surface area contributed by atoms with Crippen LogP contribution in [-0.2, 0) is 19.0 Å². The van der Waals surface area contributed by atoms with Crippen molar-refractivity contribution in [3.8, 4) is 0 Å². The van der Waals surface area contributed by atoms with E-state index in [9.17, 15) is 4.79 Å². The Morgan fingerprint density at radius 2 is 1.84 bits per heavy atom. The molecule has 5 nitrogen and oxygen atoms in total. The Bertz CT molecular complexity index is 917. The van der Waals surface area contributed by atoms with E-state index < -0.39 is 0 Å². The Kier molecular flexibility index (Phi) is 4.35. The SMILES string of the molecule is Cn1c(C(C)(C)C)nc2cc(NC(=O)c3ccc(CN)cc3)ccc21. The number of hydrogen-bond donors (Lipinski definition) is 2. The molecule has 25 heavy (non-hydrogen) atoms. The van der Waals surface area contributed by atoms with Gasteiger partial charge in [0.15, 0.2) is 0 Å². The summed E-state index contributed by atoms with van der Waals surface area (Å²) in [6.07, 6.45) is 0. The fourth-order valence-electron chi connectivity index (χ4n) is 2.94. The number of carbonyl (C=O) groups is 1. The van der Waals surface area contributed by atoms with Crippen LogP contribution in [0.3, 0.4) is 0 Å². The fraction of sp³-hybridized carbons (Fsp3) is 0.300. The number of rotatable bonds is 3. The lowest BCUT2D eigenvalue weighted by Gasteiger charge is -2.17. The highest BCUT2D eigenvalue weighted by Gasteiger charge is 2.21. The van der Waals surface area contributed by atoms with E-state index in [4.69, 9.17) is 10.7 Å². The average molecular weight is 336 g/mol. The van der Waals surface area contributed by atoms with Crippen LogP contribution in [0.15, 0.2) is 42.5 Å². The van der Waals surface area contributed by atoms with E-state index >= 15 is 0 Å². The van der Waals surface area contributed by atoms with E-state index in [0.29, 0.717) is 12.1 Å². The summed E-state index contributed by atoms with van der Waals surface area (Å²) in [4.78, 5) is 17.2. The number of imidazole rings is 1. The number of nitrogens with two attached hydrogens (primary N) is 1. The minimum absolute atomic E-state index is 0.0398. The van der Waals surface area contributed by atoms with Crippen molar-refractivity contribution < 1.29 is 4.79 Å². The van der Waals surface area contributed by atoms with Gasteiger partial charge in [-0.3, -0.25) is 4.79 Å². The van der Waals surface area contributed by atoms with E-state index in [1.54, 1.807) is 12.1 Å². The van der Waals surface area contributed by atoms with Gasteiger partial charge in [-0.25, -0.2) is 4.98 Å². The lowest BCUT2D eigenvalue weighted by atomic mass is 9.96. The second kappa shape index (κ2) is 6.33. The van der Waals surface area contributed by atoms with Gasteiger partial charge in [0.05, 0.1) is 11.0 Å². The van der Waals surface area contributed by atoms with Gasteiger partial charge in [0.1, 0.15) is 5.82 Å². The topological polar surface area (TPSA) is 72.9 Å². The average Bonchev–Trinajstić information content (AvgIpc) is 2.91. The Labute approximate surface area is 147 Å². The second-order valence-electron chi connectivity index (χ2n) is 7.30. The third-order valence-electron chi connectivity index (χ3n) is 4.26. The number of amides is 1. The summed E-state index contributed by atoms with van der Waals surface area (Å²) in [5, 5.41) is 2.94. The Hall–Kier alpha value is -2.66. The highest BCUT2D eigenvalue weighted by molar-refractivity contribution is 6.05. The number of fused-ring (bicyclic) bond motifs is 1. The van der Waals surface area contributed by atoms with Crippen molar-refractivity contribution in [2.45, 2.75) is 32.7 Å². The normalized spacial score (nSPS) is 11.7. The maximum atomic E-state index is 12.4. The molecule has 0 radical (unpaired) electrons. The molecular weight excluding hydrogens is 312 g/mol. The summed E-state index contributed by atoms with van der Waals surface area (Å²) in [5.74, 6) is 0.873. The van der Waals surface area contributed by atoms with Crippen molar-refractivity contribution in [3.05, 3.63) is 59.4 Å². The second-order valence-corrected chi connectivity index (χ2v) is 7.30. The van der Waals surface area contributed by atoms with Crippen LogP contribution >= 0.6 is 0 Å². The zero-order chi connectivity index (χ0) is 18.2. The molecule has 130 valence electrons. The number of carbonyl (C=O) groups excluding carboxylic acids is 1. The van der Waals surface area contributed by atoms with Gasteiger partial charge in [0, 0.05) is 30.3 Å². The number of aryl methyl sites for hydroxylation is 1. The predicted molar refractivity (Wildman–Crippen MR) is 102 cm³/mol. The number of anilines is 1. The molecule has 0 unspecified atom stereocenters. The van der Waals surface area contributed by atoms with E-state index in [-0.39, 0.29) is 11.3 Å². The summed E-state index contributed by atoms with van der Waals surface area (Å²) in [6.45, 7) is 6.89. The van der Waals surface area contributed by atoms with E-state index in [1.165, 1.54) is 0 Å². The summed E-state index contributed by atoms with van der Waals surface area (Å²) in [7, 11) is 2.02. The molecule has 0 aliphatic carbocycles. The van der Waals surface area contributed by atoms with E-state index in [2.05, 4.69) is 30.7 Å². The molecule has 1 heterocycles. The zero-order valence-electron chi connectivity index (χ0n) is 15.1. The van der Waals surface area contributed by atoms with Gasteiger partial charge in [-0.2, -0.15) is 0 Å². The molecule has 5 heteroatoms. The molecule has 3 N–H and O–H groups in total. The largest absolute Gasteiger partial charge is 0.331 e. The first kappa shape index (κ1) is 17.2. The van der Waals surface area contributed by atoms with Crippen molar-refractivity contribution in [3.63, 3.8) is 0 Å². The van der Waals surface area contributed by atoms with Crippen LogP contribution in [0.4, 0.5) is 5.69 Å². The van der Waals surface area contributed by atoms with Crippen molar-refractivity contribution in [2.24, 2.45) is 12.8 Å². The van der Waals surface area contributed by atoms with Gasteiger partial charge in [-0.05, 0) is 35.9 Å². The molecule has 0 aliphatic rings. The van der Waals surface area contributed by atoms with Crippen molar-refractivity contribution in [1.82, 2.24) is 9.55 Å². The lowest BCUT2D eigenvalue weighted by Crippen LogP contribution is -2.17. The maximum Gasteiger partial charge on any atom is 0.255 e. The molecule has 3 aromatic rings. The summed E-state index contributed by atoms with van der Waals surface area (Å²) < 4.78 is 2.10. The van der Waals surface area contributed by atoms with Gasteiger partial charge in [0.2, 0.25) is 0 Å². The minimum atomic E-state index is -0.144. The Morgan fingerprint density at radius 3 is 2.44 bits per heavy atom. The number of hydrogen-bond acceptors (Lipinski definition) is 3. The van der Waals surface area contributed by atoms with Crippen LogP contribution in [0, 0.1) is 0 Å². The predicted octanol–water partition coefficient (Wildman–Crippen LogP) is 3.58. The standard InChI is InChI=1S/C20H24N4O/c1-20(2,3)19-23-16-11-15(9-10-17(16)24(19)4)22-18(25)14-7-5-13(12-21)6-8-14/h5-11H,12,21H2,1-4H3,(H,22,25). The Morgan fingerprint density at radius 1 is 1.16 bits per heavy atom. The third-order valence-corrected chi connectivity index (χ3v) is 4.26. The summed E-state index contributed by atoms with van der Waals surface area (Å²) >= 11 is 0. The summed E-state index contributed by atoms with van der Waals surface area (Å²) in [5.41, 5.74) is 9.82. The minimum Gasteiger partial charge on any atom is -0.331 e. The molecule has 0 atom stereocenters. The van der Waals surface area contributed by atoms with Gasteiger partial charge in [0.25, 0.3) is 5.91 Å². The smallest absolute Gasteiger partial charge is 0.255 e. The fourth-order valence-corrected chi connectivity index (χ4v) is 2.94. The molecule has 0 bridgehead atoms. The van der Waals surface area contributed by atoms with Crippen molar-refractivity contribution in [1.29, 1.82) is 0 Å². The van der Waals surface area contributed by atoms with Crippen molar-refractivity contribution >= 4 is 22.6 Å². The van der Waals surface area contributed by atoms with Crippen molar-refractivity contribution in [2.75, 3.05) is 5.32 Å². The monoisotopic (exact) mass is 336 g/mol. The molecule has 0 saturated carbocycles. The maximum absolute atomic E-state index is 12.4. The molecule has 1 amide bonds. The quantitative estimate of drug-likeness (QED) is 0.768. The first-order valence-corrected chi connectivity index (χ1v) is 8.37. The molecule has 2 aromatic carbocycles. The van der Waals surface area contributed by atoms with Crippen LogP contribution in [0.5, 0.6) is 0 Å². The van der Waals surface area contributed by atoms with Gasteiger partial charge >= 0.3 is 0 Å². The van der Waals surface area contributed by atoms with E-state index in [1.807, 2.05) is 37.4 Å². The molecule has 1 aromatic heterocycles. The first-order chi connectivity index (χ1) is 11.8. The van der Waals surface area contributed by atoms with Gasteiger partial charge in [-0.15, -0.1) is 0 Å². The molecule has 0 fully saturated rings.